The number of likely N-dealkylation sites (tertiary alicyclic amines) is 1. The summed E-state index contributed by atoms with van der Waals surface area (Å²) in [7, 11) is 0. The highest BCUT2D eigenvalue weighted by Gasteiger charge is 2.54. The first-order valence-corrected chi connectivity index (χ1v) is 14.8. The number of amides is 1. The summed E-state index contributed by atoms with van der Waals surface area (Å²) in [5.41, 5.74) is 1.45. The summed E-state index contributed by atoms with van der Waals surface area (Å²) >= 11 is 12.4. The molecule has 0 bridgehead atoms. The topological polar surface area (TPSA) is 70.1 Å². The van der Waals surface area contributed by atoms with Crippen LogP contribution in [0.2, 0.25) is 10.0 Å². The number of hydrogen-bond acceptors (Lipinski definition) is 5. The molecule has 1 aliphatic carbocycles. The van der Waals surface area contributed by atoms with Gasteiger partial charge < -0.3 is 14.7 Å². The van der Waals surface area contributed by atoms with Crippen molar-refractivity contribution in [3.05, 3.63) is 76.3 Å². The van der Waals surface area contributed by atoms with Crippen LogP contribution in [0.25, 0.3) is 0 Å². The summed E-state index contributed by atoms with van der Waals surface area (Å²) in [5, 5.41) is 11.3. The third-order valence-electron chi connectivity index (χ3n) is 8.38. The third-order valence-corrected chi connectivity index (χ3v) is 9.12. The smallest absolute Gasteiger partial charge is 0.302 e. The summed E-state index contributed by atoms with van der Waals surface area (Å²) in [5.74, 6) is 0.143. The number of aromatic hydroxyl groups is 1. The molecule has 6 nitrogen and oxygen atoms in total. The largest absolute Gasteiger partial charge is 0.508 e. The zero-order valence-corrected chi connectivity index (χ0v) is 25.1. The Balaban J connectivity index is 1.74. The van der Waals surface area contributed by atoms with Gasteiger partial charge in [-0.3, -0.25) is 14.5 Å². The van der Waals surface area contributed by atoms with Crippen molar-refractivity contribution in [2.75, 3.05) is 26.2 Å². The lowest BCUT2D eigenvalue weighted by molar-refractivity contribution is -0.161. The van der Waals surface area contributed by atoms with Gasteiger partial charge in [0.05, 0.1) is 16.5 Å². The second-order valence-electron chi connectivity index (χ2n) is 11.7. The van der Waals surface area contributed by atoms with Gasteiger partial charge in [0.1, 0.15) is 11.9 Å². The second-order valence-corrected chi connectivity index (χ2v) is 12.5. The van der Waals surface area contributed by atoms with Crippen LogP contribution in [0.4, 0.5) is 0 Å². The molecule has 1 heterocycles. The number of phenols is 1. The lowest BCUT2D eigenvalue weighted by Crippen LogP contribution is -2.62. The molecule has 4 unspecified atom stereocenters. The third kappa shape index (κ3) is 6.84. The van der Waals surface area contributed by atoms with E-state index in [1.165, 1.54) is 6.92 Å². The molecule has 4 rings (SSSR count). The molecular formula is C32H40Cl2N2O4. The molecule has 1 aliphatic heterocycles. The molecule has 216 valence electrons. The highest BCUT2D eigenvalue weighted by atomic mass is 35.5. The van der Waals surface area contributed by atoms with Crippen LogP contribution in [0.1, 0.15) is 51.2 Å². The Kier molecular flexibility index (Phi) is 9.86. The first-order valence-electron chi connectivity index (χ1n) is 14.1. The number of piperidine rings is 1. The predicted octanol–water partition coefficient (Wildman–Crippen LogP) is 6.27. The molecule has 0 spiro atoms. The normalized spacial score (nSPS) is 24.8. The standard InChI is InChI=1S/C32H40Cl2N2O4/c1-5-12-35-13-11-32(24-7-6-8-26(38)16-24)18-25(17-30(27(32)20-35)40-22(4)37)36(19-21(2)3)31(39)15-23-9-10-28(33)29(34)14-23/h5-10,14,16,21,25,27,30,38H,1,11-13,15,17-20H2,2-4H3. The Morgan fingerprint density at radius 2 is 2.00 bits per heavy atom. The molecule has 0 radical (unpaired) electrons. The molecule has 1 saturated carbocycles. The number of halogens is 2. The summed E-state index contributed by atoms with van der Waals surface area (Å²) in [4.78, 5) is 30.7. The van der Waals surface area contributed by atoms with Crippen LogP contribution < -0.4 is 0 Å². The van der Waals surface area contributed by atoms with Crippen LogP contribution in [-0.4, -0.2) is 65.1 Å². The number of fused-ring (bicyclic) bond motifs is 1. The van der Waals surface area contributed by atoms with Crippen molar-refractivity contribution < 1.29 is 19.4 Å². The molecule has 2 aromatic carbocycles. The minimum Gasteiger partial charge on any atom is -0.508 e. The van der Waals surface area contributed by atoms with E-state index in [0.717, 1.165) is 43.6 Å². The van der Waals surface area contributed by atoms with E-state index in [4.69, 9.17) is 27.9 Å². The van der Waals surface area contributed by atoms with Crippen LogP contribution in [0, 0.1) is 11.8 Å². The molecule has 1 saturated heterocycles. The fourth-order valence-corrected chi connectivity index (χ4v) is 7.07. The zero-order valence-electron chi connectivity index (χ0n) is 23.6. The lowest BCUT2D eigenvalue weighted by Gasteiger charge is -2.56. The van der Waals surface area contributed by atoms with Crippen molar-refractivity contribution in [2.24, 2.45) is 11.8 Å². The average Bonchev–Trinajstić information content (AvgIpc) is 2.89. The highest BCUT2D eigenvalue weighted by molar-refractivity contribution is 6.42. The van der Waals surface area contributed by atoms with Gasteiger partial charge in [0.15, 0.2) is 0 Å². The second kappa shape index (κ2) is 13.0. The van der Waals surface area contributed by atoms with E-state index in [1.54, 1.807) is 18.2 Å². The Labute approximate surface area is 247 Å². The maximum absolute atomic E-state index is 13.9. The number of hydrogen-bond donors (Lipinski definition) is 1. The molecule has 2 fully saturated rings. The van der Waals surface area contributed by atoms with E-state index in [0.29, 0.717) is 23.0 Å². The van der Waals surface area contributed by atoms with Crippen molar-refractivity contribution in [1.29, 1.82) is 0 Å². The van der Waals surface area contributed by atoms with E-state index in [-0.39, 0.29) is 53.4 Å². The van der Waals surface area contributed by atoms with Crippen LogP contribution in [0.3, 0.4) is 0 Å². The summed E-state index contributed by atoms with van der Waals surface area (Å²) in [6.45, 7) is 12.5. The zero-order chi connectivity index (χ0) is 29.0. The van der Waals surface area contributed by atoms with Crippen molar-refractivity contribution in [2.45, 2.75) is 64.0 Å². The number of benzene rings is 2. The van der Waals surface area contributed by atoms with Gasteiger partial charge in [-0.25, -0.2) is 0 Å². The fraction of sp³-hybridized carbons (Fsp3) is 0.500. The molecule has 1 N–H and O–H groups in total. The first-order chi connectivity index (χ1) is 19.0. The molecule has 2 aromatic rings. The van der Waals surface area contributed by atoms with E-state index < -0.39 is 0 Å². The van der Waals surface area contributed by atoms with Crippen molar-refractivity contribution in [3.8, 4) is 5.75 Å². The Morgan fingerprint density at radius 1 is 1.23 bits per heavy atom. The van der Waals surface area contributed by atoms with Gasteiger partial charge in [0.25, 0.3) is 0 Å². The van der Waals surface area contributed by atoms with Crippen LogP contribution in [0.15, 0.2) is 55.1 Å². The number of ether oxygens (including phenoxy) is 1. The van der Waals surface area contributed by atoms with Crippen molar-refractivity contribution in [3.63, 3.8) is 0 Å². The van der Waals surface area contributed by atoms with Gasteiger partial charge in [0.2, 0.25) is 5.91 Å². The SMILES string of the molecule is C=CCN1CCC2(c3cccc(O)c3)CC(N(CC(C)C)C(=O)Cc3ccc(Cl)c(Cl)c3)CC(OC(C)=O)C2C1. The van der Waals surface area contributed by atoms with E-state index in [1.807, 2.05) is 29.2 Å². The van der Waals surface area contributed by atoms with E-state index in [2.05, 4.69) is 31.4 Å². The Hall–Kier alpha value is -2.54. The molecular weight excluding hydrogens is 547 g/mol. The number of nitrogens with zero attached hydrogens (tertiary/aromatic N) is 2. The van der Waals surface area contributed by atoms with Crippen LogP contribution in [0.5, 0.6) is 5.75 Å². The van der Waals surface area contributed by atoms with Crippen LogP contribution >= 0.6 is 23.2 Å². The van der Waals surface area contributed by atoms with Gasteiger partial charge in [0, 0.05) is 50.4 Å². The molecule has 40 heavy (non-hydrogen) atoms. The number of phenolic OH excluding ortho intramolecular Hbond substituents is 1. The van der Waals surface area contributed by atoms with E-state index >= 15 is 0 Å². The molecule has 0 aromatic heterocycles. The summed E-state index contributed by atoms with van der Waals surface area (Å²) in [6.07, 6.45) is 3.83. The predicted molar refractivity (Wildman–Crippen MR) is 160 cm³/mol. The molecule has 1 amide bonds. The number of carbonyl (C=O) groups is 2. The van der Waals surface area contributed by atoms with Crippen LogP contribution in [-0.2, 0) is 26.2 Å². The van der Waals surface area contributed by atoms with Gasteiger partial charge in [-0.2, -0.15) is 0 Å². The number of esters is 1. The lowest BCUT2D eigenvalue weighted by atomic mass is 9.56. The monoisotopic (exact) mass is 586 g/mol. The summed E-state index contributed by atoms with van der Waals surface area (Å²) in [6, 6.07) is 12.6. The van der Waals surface area contributed by atoms with Gasteiger partial charge in [-0.05, 0) is 60.7 Å². The van der Waals surface area contributed by atoms with Crippen molar-refractivity contribution >= 4 is 35.1 Å². The maximum Gasteiger partial charge on any atom is 0.302 e. The quantitative estimate of drug-likeness (QED) is 0.277. The number of rotatable bonds is 9. The van der Waals surface area contributed by atoms with Gasteiger partial charge in [-0.1, -0.05) is 61.3 Å². The van der Waals surface area contributed by atoms with E-state index in [9.17, 15) is 14.7 Å². The molecule has 4 atom stereocenters. The minimum absolute atomic E-state index is 0.00673. The molecule has 2 aliphatic rings. The fourth-order valence-electron chi connectivity index (χ4n) is 6.75. The highest BCUT2D eigenvalue weighted by Crippen LogP contribution is 2.51. The minimum atomic E-state index is -0.376. The molecule has 8 heteroatoms. The van der Waals surface area contributed by atoms with Crippen molar-refractivity contribution in [1.82, 2.24) is 9.80 Å². The van der Waals surface area contributed by atoms with Gasteiger partial charge in [-0.15, -0.1) is 6.58 Å². The first kappa shape index (κ1) is 30.4. The van der Waals surface area contributed by atoms with Gasteiger partial charge >= 0.3 is 5.97 Å². The Morgan fingerprint density at radius 3 is 2.65 bits per heavy atom. The maximum atomic E-state index is 13.9. The summed E-state index contributed by atoms with van der Waals surface area (Å²) < 4.78 is 6.05. The number of carbonyl (C=O) groups excluding carboxylic acids is 2. The average molecular weight is 588 g/mol. The Bertz CT molecular complexity index is 1240.